The molecule has 0 fully saturated rings. The van der Waals surface area contributed by atoms with Gasteiger partial charge in [-0.1, -0.05) is 0 Å². The summed E-state index contributed by atoms with van der Waals surface area (Å²) in [4.78, 5) is 1.31. The highest BCUT2D eigenvalue weighted by Gasteiger charge is 2.08. The van der Waals surface area contributed by atoms with Crippen LogP contribution in [-0.4, -0.2) is 9.78 Å². The topological polar surface area (TPSA) is 29.9 Å². The van der Waals surface area contributed by atoms with Crippen molar-refractivity contribution in [3.8, 4) is 5.69 Å². The Kier molecular flexibility index (Phi) is 3.89. The van der Waals surface area contributed by atoms with Crippen LogP contribution in [0.3, 0.4) is 0 Å². The Bertz CT molecular complexity index is 673. The molecule has 0 radical (unpaired) electrons. The third kappa shape index (κ3) is 2.94. The molecule has 0 saturated carbocycles. The van der Waals surface area contributed by atoms with Gasteiger partial charge >= 0.3 is 0 Å². The van der Waals surface area contributed by atoms with Gasteiger partial charge in [-0.25, -0.2) is 4.68 Å². The molecule has 0 aliphatic rings. The van der Waals surface area contributed by atoms with Crippen molar-refractivity contribution in [3.63, 3.8) is 0 Å². The summed E-state index contributed by atoms with van der Waals surface area (Å²) in [5, 5.41) is 7.72. The summed E-state index contributed by atoms with van der Waals surface area (Å²) < 4.78 is 3.01. The van der Waals surface area contributed by atoms with E-state index in [1.807, 2.05) is 16.9 Å². The molecule has 2 aromatic heterocycles. The Labute approximate surface area is 130 Å². The first-order valence-electron chi connectivity index (χ1n) is 6.34. The van der Waals surface area contributed by atoms with Gasteiger partial charge in [-0.3, -0.25) is 0 Å². The van der Waals surface area contributed by atoms with Gasteiger partial charge in [-0.05, 0) is 65.3 Å². The highest BCUT2D eigenvalue weighted by molar-refractivity contribution is 9.11. The molecule has 0 aliphatic heterocycles. The van der Waals surface area contributed by atoms with Crippen LogP contribution in [0.2, 0.25) is 0 Å². The molecule has 0 amide bonds. The van der Waals surface area contributed by atoms with Crippen LogP contribution in [0.25, 0.3) is 5.69 Å². The van der Waals surface area contributed by atoms with E-state index in [9.17, 15) is 0 Å². The summed E-state index contributed by atoms with van der Waals surface area (Å²) in [7, 11) is 0. The van der Waals surface area contributed by atoms with Crippen LogP contribution >= 0.6 is 27.3 Å². The Morgan fingerprint density at radius 2 is 2.00 bits per heavy atom. The number of rotatable bonds is 4. The predicted molar refractivity (Wildman–Crippen MR) is 87.6 cm³/mol. The minimum Gasteiger partial charge on any atom is -0.378 e. The largest absolute Gasteiger partial charge is 0.378 e. The van der Waals surface area contributed by atoms with Crippen LogP contribution in [0.1, 0.15) is 17.8 Å². The van der Waals surface area contributed by atoms with Gasteiger partial charge in [0.1, 0.15) is 0 Å². The molecule has 2 heterocycles. The summed E-state index contributed by atoms with van der Waals surface area (Å²) in [6, 6.07) is 14.7. The lowest BCUT2D eigenvalue weighted by atomic mass is 10.2. The van der Waals surface area contributed by atoms with E-state index in [1.165, 1.54) is 4.88 Å². The first-order chi connectivity index (χ1) is 9.72. The van der Waals surface area contributed by atoms with Gasteiger partial charge in [0.2, 0.25) is 0 Å². The minimum atomic E-state index is 0.293. The molecule has 102 valence electrons. The molecule has 20 heavy (non-hydrogen) atoms. The van der Waals surface area contributed by atoms with Crippen molar-refractivity contribution < 1.29 is 0 Å². The molecule has 3 rings (SSSR count). The number of anilines is 1. The average molecular weight is 348 g/mol. The quantitative estimate of drug-likeness (QED) is 0.729. The summed E-state index contributed by atoms with van der Waals surface area (Å²) in [5.41, 5.74) is 2.17. The highest BCUT2D eigenvalue weighted by atomic mass is 79.9. The summed E-state index contributed by atoms with van der Waals surface area (Å²) in [5.74, 6) is 0. The Morgan fingerprint density at radius 3 is 2.60 bits per heavy atom. The van der Waals surface area contributed by atoms with E-state index >= 15 is 0 Å². The van der Waals surface area contributed by atoms with E-state index in [4.69, 9.17) is 0 Å². The second-order valence-electron chi connectivity index (χ2n) is 4.51. The number of hydrogen-bond donors (Lipinski definition) is 1. The predicted octanol–water partition coefficient (Wildman–Crippen LogP) is 4.87. The van der Waals surface area contributed by atoms with Crippen LogP contribution in [0.4, 0.5) is 5.69 Å². The van der Waals surface area contributed by atoms with Gasteiger partial charge in [0, 0.05) is 23.0 Å². The summed E-state index contributed by atoms with van der Waals surface area (Å²) >= 11 is 5.25. The SMILES string of the molecule is CC(Nc1ccc(-n2cccn2)cc1)c1ccc(Br)s1. The zero-order valence-electron chi connectivity index (χ0n) is 11.0. The monoisotopic (exact) mass is 347 g/mol. The molecule has 0 spiro atoms. The van der Waals surface area contributed by atoms with E-state index < -0.39 is 0 Å². The maximum Gasteiger partial charge on any atom is 0.0702 e. The standard InChI is InChI=1S/C15H14BrN3S/c1-11(14-7-8-15(16)20-14)18-12-3-5-13(6-4-12)19-10-2-9-17-19/h2-11,18H,1H3. The summed E-state index contributed by atoms with van der Waals surface area (Å²) in [6.07, 6.45) is 3.72. The van der Waals surface area contributed by atoms with Gasteiger partial charge in [0.15, 0.2) is 0 Å². The van der Waals surface area contributed by atoms with E-state index in [1.54, 1.807) is 17.5 Å². The van der Waals surface area contributed by atoms with Gasteiger partial charge in [0.05, 0.1) is 15.5 Å². The molecule has 3 nitrogen and oxygen atoms in total. The smallest absolute Gasteiger partial charge is 0.0702 e. The number of halogens is 1. The van der Waals surface area contributed by atoms with Gasteiger partial charge in [-0.15, -0.1) is 11.3 Å². The van der Waals surface area contributed by atoms with Gasteiger partial charge < -0.3 is 5.32 Å². The zero-order chi connectivity index (χ0) is 13.9. The van der Waals surface area contributed by atoms with E-state index in [0.29, 0.717) is 6.04 Å². The molecule has 5 heteroatoms. The molecule has 1 atom stereocenters. The number of nitrogens with zero attached hydrogens (tertiary/aromatic N) is 2. The molecule has 3 aromatic rings. The maximum atomic E-state index is 4.22. The van der Waals surface area contributed by atoms with Crippen molar-refractivity contribution in [1.82, 2.24) is 9.78 Å². The third-order valence-corrected chi connectivity index (χ3v) is 4.85. The van der Waals surface area contributed by atoms with E-state index in [2.05, 4.69) is 69.7 Å². The number of hydrogen-bond acceptors (Lipinski definition) is 3. The second-order valence-corrected chi connectivity index (χ2v) is 7.00. The van der Waals surface area contributed by atoms with Crippen LogP contribution in [0.5, 0.6) is 0 Å². The lowest BCUT2D eigenvalue weighted by Gasteiger charge is -2.14. The number of thiophene rings is 1. The second kappa shape index (κ2) is 5.81. The molecule has 0 aliphatic carbocycles. The van der Waals surface area contributed by atoms with Crippen molar-refractivity contribution in [1.29, 1.82) is 0 Å². The summed E-state index contributed by atoms with van der Waals surface area (Å²) in [6.45, 7) is 2.17. The van der Waals surface area contributed by atoms with Crippen molar-refractivity contribution in [2.24, 2.45) is 0 Å². The molecule has 1 aromatic carbocycles. The van der Waals surface area contributed by atoms with Crippen molar-refractivity contribution in [2.45, 2.75) is 13.0 Å². The lowest BCUT2D eigenvalue weighted by molar-refractivity contribution is 0.878. The normalized spacial score (nSPS) is 12.3. The molecular weight excluding hydrogens is 334 g/mol. The number of benzene rings is 1. The van der Waals surface area contributed by atoms with Crippen LogP contribution in [0.15, 0.2) is 58.6 Å². The Morgan fingerprint density at radius 1 is 1.20 bits per heavy atom. The molecule has 1 unspecified atom stereocenters. The Balaban J connectivity index is 1.72. The zero-order valence-corrected chi connectivity index (χ0v) is 13.4. The number of aromatic nitrogens is 2. The fourth-order valence-electron chi connectivity index (χ4n) is 2.01. The molecule has 1 N–H and O–H groups in total. The molecule has 0 saturated heterocycles. The fraction of sp³-hybridized carbons (Fsp3) is 0.133. The highest BCUT2D eigenvalue weighted by Crippen LogP contribution is 2.29. The first kappa shape index (κ1) is 13.4. The maximum absolute atomic E-state index is 4.22. The van der Waals surface area contributed by atoms with Gasteiger partial charge in [-0.2, -0.15) is 5.10 Å². The van der Waals surface area contributed by atoms with Crippen LogP contribution < -0.4 is 5.32 Å². The van der Waals surface area contributed by atoms with Crippen LogP contribution in [0, 0.1) is 0 Å². The van der Waals surface area contributed by atoms with E-state index in [-0.39, 0.29) is 0 Å². The van der Waals surface area contributed by atoms with Crippen molar-refractivity contribution in [3.05, 3.63) is 63.5 Å². The minimum absolute atomic E-state index is 0.293. The fourth-order valence-corrected chi connectivity index (χ4v) is 3.44. The number of nitrogens with one attached hydrogen (secondary N) is 1. The van der Waals surface area contributed by atoms with Crippen molar-refractivity contribution >= 4 is 33.0 Å². The van der Waals surface area contributed by atoms with Gasteiger partial charge in [0.25, 0.3) is 0 Å². The van der Waals surface area contributed by atoms with Crippen molar-refractivity contribution in [2.75, 3.05) is 5.32 Å². The molecular formula is C15H14BrN3S. The van der Waals surface area contributed by atoms with E-state index in [0.717, 1.165) is 15.2 Å². The molecule has 0 bridgehead atoms. The Hall–Kier alpha value is -1.59. The third-order valence-electron chi connectivity index (χ3n) is 3.04. The average Bonchev–Trinajstić information content (AvgIpc) is 3.10. The van der Waals surface area contributed by atoms with Crippen LogP contribution in [-0.2, 0) is 0 Å². The lowest BCUT2D eigenvalue weighted by Crippen LogP contribution is -2.04. The first-order valence-corrected chi connectivity index (χ1v) is 7.95.